The monoisotopic (exact) mass is 399 g/mol. The first-order valence-corrected chi connectivity index (χ1v) is 9.86. The number of allylic oxidation sites excluding steroid dienone is 1. The van der Waals surface area contributed by atoms with E-state index >= 15 is 0 Å². The van der Waals surface area contributed by atoms with Crippen LogP contribution < -0.4 is 10.9 Å². The van der Waals surface area contributed by atoms with Crippen LogP contribution in [0.2, 0.25) is 0 Å². The Labute approximate surface area is 171 Å². The molecule has 2 aromatic heterocycles. The highest BCUT2D eigenvalue weighted by Crippen LogP contribution is 2.27. The molecule has 2 aromatic carbocycles. The number of aryl methyl sites for hydroxylation is 2. The van der Waals surface area contributed by atoms with Crippen molar-refractivity contribution in [2.75, 3.05) is 5.32 Å². The minimum Gasteiger partial charge on any atom is -0.423 e. The summed E-state index contributed by atoms with van der Waals surface area (Å²) in [6.07, 6.45) is 1.64. The molecule has 1 N–H and O–H groups in total. The van der Waals surface area contributed by atoms with E-state index in [1.165, 1.54) is 28.5 Å². The maximum absolute atomic E-state index is 11.3. The second-order valence-corrected chi connectivity index (χ2v) is 7.52. The maximum Gasteiger partial charge on any atom is 0.336 e. The van der Waals surface area contributed by atoms with E-state index in [4.69, 9.17) is 4.42 Å². The lowest BCUT2D eigenvalue weighted by Crippen LogP contribution is -1.95. The number of hydrogen-bond acceptors (Lipinski definition) is 6. The average Bonchev–Trinajstić information content (AvgIpc) is 3.20. The molecule has 2 heterocycles. The molecule has 0 saturated heterocycles. The van der Waals surface area contributed by atoms with Gasteiger partial charge in [-0.3, -0.25) is 0 Å². The lowest BCUT2D eigenvalue weighted by atomic mass is 10.1. The van der Waals surface area contributed by atoms with E-state index in [1.807, 2.05) is 17.5 Å². The molecule has 0 unspecified atom stereocenters. The minimum absolute atomic E-state index is 0.381. The van der Waals surface area contributed by atoms with Crippen LogP contribution in [0, 0.1) is 25.2 Å². The molecule has 0 spiro atoms. The van der Waals surface area contributed by atoms with Crippen LogP contribution in [0.5, 0.6) is 0 Å². The summed E-state index contributed by atoms with van der Waals surface area (Å²) in [6.45, 7) is 4.15. The summed E-state index contributed by atoms with van der Waals surface area (Å²) in [7, 11) is 0. The molecular formula is C23H17N3O2S. The van der Waals surface area contributed by atoms with Crippen molar-refractivity contribution in [2.45, 2.75) is 13.8 Å². The molecule has 142 valence electrons. The van der Waals surface area contributed by atoms with Crippen molar-refractivity contribution in [2.24, 2.45) is 0 Å². The lowest BCUT2D eigenvalue weighted by molar-refractivity contribution is 0.561. The first-order chi connectivity index (χ1) is 14.0. The van der Waals surface area contributed by atoms with Crippen LogP contribution >= 0.6 is 11.3 Å². The number of hydrogen-bond donors (Lipinski definition) is 1. The molecule has 6 heteroatoms. The molecule has 0 aliphatic carbocycles. The Hall–Kier alpha value is -3.69. The lowest BCUT2D eigenvalue weighted by Gasteiger charge is -2.03. The van der Waals surface area contributed by atoms with Crippen molar-refractivity contribution in [3.63, 3.8) is 0 Å². The van der Waals surface area contributed by atoms with Crippen LogP contribution in [0.1, 0.15) is 16.1 Å². The van der Waals surface area contributed by atoms with Crippen LogP contribution in [0.3, 0.4) is 0 Å². The molecule has 0 fully saturated rings. The standard InChI is InChI=1S/C23H17N3O2S/c1-14-3-4-16(9-15(14)2)20-13-29-23(26-20)18(11-24)12-25-19-6-7-21-17(10-19)5-8-22(27)28-21/h3-10,12-13,25H,1-2H3. The Morgan fingerprint density at radius 2 is 2.00 bits per heavy atom. The summed E-state index contributed by atoms with van der Waals surface area (Å²) in [4.78, 5) is 15.9. The fourth-order valence-corrected chi connectivity index (χ4v) is 3.68. The van der Waals surface area contributed by atoms with Crippen molar-refractivity contribution >= 4 is 33.6 Å². The van der Waals surface area contributed by atoms with Gasteiger partial charge in [-0.15, -0.1) is 11.3 Å². The average molecular weight is 399 g/mol. The zero-order chi connectivity index (χ0) is 20.4. The SMILES string of the molecule is Cc1ccc(-c2csc(C(C#N)=CNc3ccc4oc(=O)ccc4c3)n2)cc1C. The molecule has 0 aliphatic rings. The van der Waals surface area contributed by atoms with Gasteiger partial charge in [0, 0.05) is 34.3 Å². The number of nitrogens with zero attached hydrogens (tertiary/aromatic N) is 2. The Morgan fingerprint density at radius 3 is 2.79 bits per heavy atom. The van der Waals surface area contributed by atoms with Crippen LogP contribution in [-0.4, -0.2) is 4.98 Å². The van der Waals surface area contributed by atoms with Gasteiger partial charge in [0.15, 0.2) is 0 Å². The summed E-state index contributed by atoms with van der Waals surface area (Å²) in [5.74, 6) is 0. The van der Waals surface area contributed by atoms with E-state index in [0.717, 1.165) is 22.3 Å². The van der Waals surface area contributed by atoms with E-state index in [1.54, 1.807) is 24.4 Å². The minimum atomic E-state index is -0.381. The highest BCUT2D eigenvalue weighted by molar-refractivity contribution is 7.11. The van der Waals surface area contributed by atoms with E-state index in [9.17, 15) is 10.1 Å². The number of nitrogens with one attached hydrogen (secondary N) is 1. The highest BCUT2D eigenvalue weighted by Gasteiger charge is 2.10. The van der Waals surface area contributed by atoms with Gasteiger partial charge >= 0.3 is 5.63 Å². The van der Waals surface area contributed by atoms with E-state index in [0.29, 0.717) is 16.2 Å². The van der Waals surface area contributed by atoms with Gasteiger partial charge in [-0.2, -0.15) is 5.26 Å². The van der Waals surface area contributed by atoms with Crippen molar-refractivity contribution in [1.29, 1.82) is 5.26 Å². The van der Waals surface area contributed by atoms with Crippen LogP contribution in [0.15, 0.2) is 69.3 Å². The third-order valence-corrected chi connectivity index (χ3v) is 5.54. The summed E-state index contributed by atoms with van der Waals surface area (Å²) < 4.78 is 5.13. The number of thiazole rings is 1. The molecule has 5 nitrogen and oxygen atoms in total. The number of aromatic nitrogens is 1. The van der Waals surface area contributed by atoms with E-state index in [2.05, 4.69) is 42.4 Å². The fourth-order valence-electron chi connectivity index (χ4n) is 2.89. The third kappa shape index (κ3) is 3.96. The van der Waals surface area contributed by atoms with Crippen LogP contribution in [0.25, 0.3) is 27.8 Å². The molecular weight excluding hydrogens is 382 g/mol. The molecule has 0 atom stereocenters. The van der Waals surface area contributed by atoms with Crippen molar-refractivity contribution < 1.29 is 4.42 Å². The first kappa shape index (κ1) is 18.7. The Morgan fingerprint density at radius 1 is 1.14 bits per heavy atom. The molecule has 0 saturated carbocycles. The van der Waals surface area contributed by atoms with E-state index in [-0.39, 0.29) is 5.63 Å². The van der Waals surface area contributed by atoms with Crippen LogP contribution in [-0.2, 0) is 0 Å². The number of rotatable bonds is 4. The van der Waals surface area contributed by atoms with Gasteiger partial charge in [-0.25, -0.2) is 9.78 Å². The Bertz CT molecular complexity index is 1340. The fraction of sp³-hybridized carbons (Fsp3) is 0.0870. The van der Waals surface area contributed by atoms with Gasteiger partial charge in [-0.1, -0.05) is 12.1 Å². The summed E-state index contributed by atoms with van der Waals surface area (Å²) in [5.41, 5.74) is 5.71. The predicted octanol–water partition coefficient (Wildman–Crippen LogP) is 5.51. The quantitative estimate of drug-likeness (QED) is 0.362. The molecule has 0 amide bonds. The molecule has 29 heavy (non-hydrogen) atoms. The number of nitriles is 1. The number of fused-ring (bicyclic) bond motifs is 1. The van der Waals surface area contributed by atoms with Gasteiger partial charge in [0.25, 0.3) is 0 Å². The number of benzene rings is 2. The van der Waals surface area contributed by atoms with Gasteiger partial charge in [0.1, 0.15) is 22.2 Å². The number of anilines is 1. The van der Waals surface area contributed by atoms with Gasteiger partial charge in [-0.05, 0) is 55.3 Å². The first-order valence-electron chi connectivity index (χ1n) is 8.98. The molecule has 0 radical (unpaired) electrons. The summed E-state index contributed by atoms with van der Waals surface area (Å²) in [6, 6.07) is 16.9. The summed E-state index contributed by atoms with van der Waals surface area (Å²) in [5, 5.41) is 16.1. The van der Waals surface area contributed by atoms with Gasteiger partial charge in [0.05, 0.1) is 5.69 Å². The molecule has 4 rings (SSSR count). The highest BCUT2D eigenvalue weighted by atomic mass is 32.1. The largest absolute Gasteiger partial charge is 0.423 e. The zero-order valence-corrected chi connectivity index (χ0v) is 16.7. The third-order valence-electron chi connectivity index (χ3n) is 4.66. The second kappa shape index (κ2) is 7.74. The van der Waals surface area contributed by atoms with Crippen LogP contribution in [0.4, 0.5) is 5.69 Å². The van der Waals surface area contributed by atoms with Crippen molar-refractivity contribution in [3.8, 4) is 17.3 Å². The molecule has 0 aliphatic heterocycles. The molecule has 4 aromatic rings. The topological polar surface area (TPSA) is 78.9 Å². The van der Waals surface area contributed by atoms with E-state index < -0.39 is 0 Å². The zero-order valence-electron chi connectivity index (χ0n) is 15.9. The Balaban J connectivity index is 1.59. The second-order valence-electron chi connectivity index (χ2n) is 6.66. The molecule has 0 bridgehead atoms. The maximum atomic E-state index is 11.3. The predicted molar refractivity (Wildman–Crippen MR) is 117 cm³/mol. The van der Waals surface area contributed by atoms with Crippen molar-refractivity contribution in [1.82, 2.24) is 4.98 Å². The van der Waals surface area contributed by atoms with Gasteiger partial charge in [0.2, 0.25) is 0 Å². The Kier molecular flexibility index (Phi) is 4.98. The van der Waals surface area contributed by atoms with Crippen molar-refractivity contribution in [3.05, 3.63) is 86.7 Å². The normalized spacial score (nSPS) is 11.4. The smallest absolute Gasteiger partial charge is 0.336 e. The summed E-state index contributed by atoms with van der Waals surface area (Å²) >= 11 is 1.43. The van der Waals surface area contributed by atoms with Gasteiger partial charge < -0.3 is 9.73 Å².